The van der Waals surface area contributed by atoms with Gasteiger partial charge in [0, 0.05) is 23.9 Å². The van der Waals surface area contributed by atoms with Crippen LogP contribution in [0.15, 0.2) is 24.3 Å². The molecule has 1 aromatic carbocycles. The molecular formula is C11H12F3N. The minimum atomic E-state index is -1.45. The lowest BCUT2D eigenvalue weighted by atomic mass is 10.2. The highest BCUT2D eigenvalue weighted by atomic mass is 19.2. The van der Waals surface area contributed by atoms with Crippen LogP contribution in [0, 0.1) is 17.5 Å². The maximum absolute atomic E-state index is 12.8. The van der Waals surface area contributed by atoms with Crippen LogP contribution in [-0.2, 0) is 0 Å². The molecule has 0 fully saturated rings. The van der Waals surface area contributed by atoms with Crippen LogP contribution in [0.4, 0.5) is 18.9 Å². The normalized spacial score (nSPS) is 13.1. The van der Waals surface area contributed by atoms with Crippen molar-refractivity contribution in [1.82, 2.24) is 0 Å². The molecule has 0 spiro atoms. The second kappa shape index (κ2) is 4.87. The Morgan fingerprint density at radius 1 is 1.20 bits per heavy atom. The number of halogens is 3. The molecular weight excluding hydrogens is 203 g/mol. The number of nitrogens with one attached hydrogen (secondary N) is 1. The lowest BCUT2D eigenvalue weighted by molar-refractivity contribution is 0.447. The summed E-state index contributed by atoms with van der Waals surface area (Å²) in [7, 11) is 0. The topological polar surface area (TPSA) is 12.0 Å². The summed E-state index contributed by atoms with van der Waals surface area (Å²) in [5.41, 5.74) is 0.219. The summed E-state index contributed by atoms with van der Waals surface area (Å²) in [6, 6.07) is 1.79. The van der Waals surface area contributed by atoms with Gasteiger partial charge in [-0.2, -0.15) is 0 Å². The summed E-state index contributed by atoms with van der Waals surface area (Å²) in [6.07, 6.45) is 3.63. The van der Waals surface area contributed by atoms with E-state index in [9.17, 15) is 13.2 Å². The number of hydrogen-bond donors (Lipinski definition) is 1. The average Bonchev–Trinajstić information content (AvgIpc) is 2.14. The van der Waals surface area contributed by atoms with Crippen molar-refractivity contribution < 1.29 is 13.2 Å². The molecule has 0 aliphatic rings. The first kappa shape index (κ1) is 11.6. The van der Waals surface area contributed by atoms with Crippen LogP contribution in [0.3, 0.4) is 0 Å². The van der Waals surface area contributed by atoms with Crippen molar-refractivity contribution in [3.8, 4) is 0 Å². The van der Waals surface area contributed by atoms with Gasteiger partial charge in [-0.05, 0) is 13.8 Å². The first-order chi connectivity index (χ1) is 7.04. The Kier molecular flexibility index (Phi) is 3.77. The Balaban J connectivity index is 2.87. The number of allylic oxidation sites excluding steroid dienone is 1. The highest BCUT2D eigenvalue weighted by molar-refractivity contribution is 5.45. The zero-order chi connectivity index (χ0) is 11.4. The molecule has 1 rings (SSSR count). The smallest absolute Gasteiger partial charge is 0.194 e. The van der Waals surface area contributed by atoms with Crippen LogP contribution in [0.25, 0.3) is 0 Å². The van der Waals surface area contributed by atoms with E-state index in [0.29, 0.717) is 0 Å². The van der Waals surface area contributed by atoms with E-state index in [4.69, 9.17) is 0 Å². The molecule has 1 nitrogen and oxygen atoms in total. The van der Waals surface area contributed by atoms with Gasteiger partial charge in [-0.1, -0.05) is 12.2 Å². The van der Waals surface area contributed by atoms with E-state index in [1.807, 2.05) is 26.0 Å². The Bertz CT molecular complexity index is 351. The first-order valence-corrected chi connectivity index (χ1v) is 4.58. The van der Waals surface area contributed by atoms with Crippen LogP contribution in [-0.4, -0.2) is 6.04 Å². The number of anilines is 1. The predicted molar refractivity (Wildman–Crippen MR) is 54.2 cm³/mol. The van der Waals surface area contributed by atoms with Crippen LogP contribution < -0.4 is 5.32 Å². The zero-order valence-electron chi connectivity index (χ0n) is 8.52. The highest BCUT2D eigenvalue weighted by Crippen LogP contribution is 2.18. The fraction of sp³-hybridized carbons (Fsp3) is 0.273. The van der Waals surface area contributed by atoms with Crippen molar-refractivity contribution in [2.45, 2.75) is 19.9 Å². The molecule has 0 aliphatic carbocycles. The molecule has 1 unspecified atom stereocenters. The van der Waals surface area contributed by atoms with Gasteiger partial charge in [-0.15, -0.1) is 0 Å². The minimum Gasteiger partial charge on any atom is -0.379 e. The third-order valence-electron chi connectivity index (χ3n) is 1.86. The van der Waals surface area contributed by atoms with Crippen molar-refractivity contribution in [3.05, 3.63) is 41.7 Å². The monoisotopic (exact) mass is 215 g/mol. The van der Waals surface area contributed by atoms with Crippen LogP contribution in [0.5, 0.6) is 0 Å². The fourth-order valence-electron chi connectivity index (χ4n) is 1.24. The molecule has 0 aromatic heterocycles. The van der Waals surface area contributed by atoms with E-state index in [1.165, 1.54) is 0 Å². The summed E-state index contributed by atoms with van der Waals surface area (Å²) < 4.78 is 38.2. The molecule has 0 radical (unpaired) electrons. The summed E-state index contributed by atoms with van der Waals surface area (Å²) in [4.78, 5) is 0. The second-order valence-electron chi connectivity index (χ2n) is 3.21. The Morgan fingerprint density at radius 2 is 1.73 bits per heavy atom. The molecule has 15 heavy (non-hydrogen) atoms. The lowest BCUT2D eigenvalue weighted by Gasteiger charge is -2.11. The van der Waals surface area contributed by atoms with E-state index < -0.39 is 17.5 Å². The van der Waals surface area contributed by atoms with Gasteiger partial charge < -0.3 is 5.32 Å². The van der Waals surface area contributed by atoms with Crippen molar-refractivity contribution in [1.29, 1.82) is 0 Å². The van der Waals surface area contributed by atoms with E-state index in [-0.39, 0.29) is 11.7 Å². The lowest BCUT2D eigenvalue weighted by Crippen LogP contribution is -2.12. The Hall–Kier alpha value is -1.45. The van der Waals surface area contributed by atoms with E-state index in [0.717, 1.165) is 12.1 Å². The van der Waals surface area contributed by atoms with E-state index in [1.54, 1.807) is 0 Å². The maximum Gasteiger partial charge on any atom is 0.194 e. The molecule has 82 valence electrons. The van der Waals surface area contributed by atoms with Crippen molar-refractivity contribution in [2.24, 2.45) is 0 Å². The summed E-state index contributed by atoms with van der Waals surface area (Å²) in [5, 5.41) is 2.82. The molecule has 1 aromatic rings. The SMILES string of the molecule is CC=CC(C)Nc1cc(F)c(F)c(F)c1. The number of rotatable bonds is 3. The van der Waals surface area contributed by atoms with Crippen molar-refractivity contribution in [2.75, 3.05) is 5.32 Å². The third-order valence-corrected chi connectivity index (χ3v) is 1.86. The quantitative estimate of drug-likeness (QED) is 0.601. The largest absolute Gasteiger partial charge is 0.379 e. The summed E-state index contributed by atoms with van der Waals surface area (Å²) >= 11 is 0. The molecule has 0 saturated carbocycles. The van der Waals surface area contributed by atoms with Crippen molar-refractivity contribution in [3.63, 3.8) is 0 Å². The van der Waals surface area contributed by atoms with Crippen molar-refractivity contribution >= 4 is 5.69 Å². The Morgan fingerprint density at radius 3 is 2.20 bits per heavy atom. The van der Waals surface area contributed by atoms with Gasteiger partial charge in [0.2, 0.25) is 0 Å². The molecule has 0 bridgehead atoms. The van der Waals surface area contributed by atoms with Gasteiger partial charge >= 0.3 is 0 Å². The van der Waals surface area contributed by atoms with E-state index >= 15 is 0 Å². The van der Waals surface area contributed by atoms with Crippen LogP contribution >= 0.6 is 0 Å². The molecule has 0 aliphatic heterocycles. The van der Waals surface area contributed by atoms with Crippen LogP contribution in [0.2, 0.25) is 0 Å². The molecule has 1 atom stereocenters. The molecule has 1 N–H and O–H groups in total. The molecule has 0 heterocycles. The van der Waals surface area contributed by atoms with Gasteiger partial charge in [-0.25, -0.2) is 13.2 Å². The number of benzene rings is 1. The van der Waals surface area contributed by atoms with Crippen LogP contribution in [0.1, 0.15) is 13.8 Å². The second-order valence-corrected chi connectivity index (χ2v) is 3.21. The zero-order valence-corrected chi connectivity index (χ0v) is 8.52. The molecule has 4 heteroatoms. The molecule has 0 amide bonds. The third kappa shape index (κ3) is 3.01. The van der Waals surface area contributed by atoms with Gasteiger partial charge in [0.05, 0.1) is 0 Å². The standard InChI is InChI=1S/C11H12F3N/c1-3-4-7(2)15-8-5-9(12)11(14)10(13)6-8/h3-7,15H,1-2H3. The highest BCUT2D eigenvalue weighted by Gasteiger charge is 2.10. The van der Waals surface area contributed by atoms with Gasteiger partial charge in [-0.3, -0.25) is 0 Å². The summed E-state index contributed by atoms with van der Waals surface area (Å²) in [5.74, 6) is -3.82. The van der Waals surface area contributed by atoms with Gasteiger partial charge in [0.25, 0.3) is 0 Å². The Labute approximate surface area is 86.6 Å². The number of hydrogen-bond acceptors (Lipinski definition) is 1. The summed E-state index contributed by atoms with van der Waals surface area (Å²) in [6.45, 7) is 3.66. The average molecular weight is 215 g/mol. The fourth-order valence-corrected chi connectivity index (χ4v) is 1.24. The first-order valence-electron chi connectivity index (χ1n) is 4.58. The van der Waals surface area contributed by atoms with Gasteiger partial charge in [0.15, 0.2) is 17.5 Å². The molecule has 0 saturated heterocycles. The predicted octanol–water partition coefficient (Wildman–Crippen LogP) is 3.48. The van der Waals surface area contributed by atoms with Gasteiger partial charge in [0.1, 0.15) is 0 Å². The van der Waals surface area contributed by atoms with E-state index in [2.05, 4.69) is 5.32 Å². The maximum atomic E-state index is 12.8. The minimum absolute atomic E-state index is 0.0701.